The highest BCUT2D eigenvalue weighted by Gasteiger charge is 2.34. The van der Waals surface area contributed by atoms with Gasteiger partial charge in [0.15, 0.2) is 0 Å². The smallest absolute Gasteiger partial charge is 0.149 e. The number of aryl methyl sites for hydroxylation is 1. The molecule has 0 fully saturated rings. The molecule has 1 nitrogen and oxygen atoms in total. The third-order valence-electron chi connectivity index (χ3n) is 3.42. The van der Waals surface area contributed by atoms with Gasteiger partial charge in [-0.25, -0.2) is 4.39 Å². The number of fused-ring (bicyclic) bond motifs is 1. The van der Waals surface area contributed by atoms with Gasteiger partial charge in [-0.1, -0.05) is 26.0 Å². The van der Waals surface area contributed by atoms with E-state index in [0.29, 0.717) is 5.69 Å². The van der Waals surface area contributed by atoms with Gasteiger partial charge in [-0.15, -0.1) is 0 Å². The van der Waals surface area contributed by atoms with Crippen molar-refractivity contribution in [2.45, 2.75) is 32.6 Å². The SMILES string of the molecule is CCC1(C)CNc2c1ccc(C)c2F. The topological polar surface area (TPSA) is 12.0 Å². The molecule has 1 N–H and O–H groups in total. The van der Waals surface area contributed by atoms with E-state index in [9.17, 15) is 4.39 Å². The summed E-state index contributed by atoms with van der Waals surface area (Å²) in [6, 6.07) is 3.92. The molecule has 2 rings (SSSR count). The fraction of sp³-hybridized carbons (Fsp3) is 0.500. The van der Waals surface area contributed by atoms with Gasteiger partial charge in [-0.2, -0.15) is 0 Å². The number of rotatable bonds is 1. The van der Waals surface area contributed by atoms with E-state index in [0.717, 1.165) is 24.1 Å². The Labute approximate surface area is 84.3 Å². The number of halogens is 1. The zero-order valence-corrected chi connectivity index (χ0v) is 8.95. The molecular formula is C12H16FN. The maximum Gasteiger partial charge on any atom is 0.149 e. The molecule has 1 heterocycles. The lowest BCUT2D eigenvalue weighted by Gasteiger charge is -2.21. The Hall–Kier alpha value is -1.05. The summed E-state index contributed by atoms with van der Waals surface area (Å²) in [6.07, 6.45) is 1.04. The predicted octanol–water partition coefficient (Wildman–Crippen LogP) is 3.23. The van der Waals surface area contributed by atoms with Crippen LogP contribution in [0.15, 0.2) is 12.1 Å². The van der Waals surface area contributed by atoms with Gasteiger partial charge in [0.1, 0.15) is 5.82 Å². The minimum atomic E-state index is -0.0836. The second-order valence-electron chi connectivity index (χ2n) is 4.39. The summed E-state index contributed by atoms with van der Waals surface area (Å²) in [5, 5.41) is 3.18. The van der Waals surface area contributed by atoms with Crippen LogP contribution < -0.4 is 5.32 Å². The Balaban J connectivity index is 2.58. The van der Waals surface area contributed by atoms with E-state index in [-0.39, 0.29) is 11.2 Å². The van der Waals surface area contributed by atoms with Gasteiger partial charge < -0.3 is 5.32 Å². The van der Waals surface area contributed by atoms with Crippen LogP contribution >= 0.6 is 0 Å². The first kappa shape index (κ1) is 9.50. The Morgan fingerprint density at radius 1 is 1.50 bits per heavy atom. The van der Waals surface area contributed by atoms with E-state index in [4.69, 9.17) is 0 Å². The molecule has 1 aromatic rings. The molecule has 2 heteroatoms. The molecule has 0 aliphatic carbocycles. The van der Waals surface area contributed by atoms with Gasteiger partial charge in [0.05, 0.1) is 5.69 Å². The average Bonchev–Trinajstić information content (AvgIpc) is 2.52. The number of anilines is 1. The minimum absolute atomic E-state index is 0.0836. The zero-order valence-electron chi connectivity index (χ0n) is 8.95. The number of benzene rings is 1. The van der Waals surface area contributed by atoms with Gasteiger partial charge in [0.25, 0.3) is 0 Å². The Morgan fingerprint density at radius 2 is 2.21 bits per heavy atom. The molecule has 0 bridgehead atoms. The van der Waals surface area contributed by atoms with Crippen LogP contribution in [0.25, 0.3) is 0 Å². The highest BCUT2D eigenvalue weighted by molar-refractivity contribution is 5.62. The third-order valence-corrected chi connectivity index (χ3v) is 3.42. The van der Waals surface area contributed by atoms with Crippen molar-refractivity contribution < 1.29 is 4.39 Å². The van der Waals surface area contributed by atoms with Crippen LogP contribution in [-0.2, 0) is 5.41 Å². The molecule has 0 aromatic heterocycles. The molecule has 14 heavy (non-hydrogen) atoms. The lowest BCUT2D eigenvalue weighted by atomic mass is 9.82. The molecule has 0 spiro atoms. The van der Waals surface area contributed by atoms with Crippen LogP contribution in [0, 0.1) is 12.7 Å². The number of hydrogen-bond acceptors (Lipinski definition) is 1. The normalized spacial score (nSPS) is 24.6. The van der Waals surface area contributed by atoms with Crippen LogP contribution in [0.1, 0.15) is 31.4 Å². The molecule has 0 saturated heterocycles. The van der Waals surface area contributed by atoms with Gasteiger partial charge >= 0.3 is 0 Å². The zero-order chi connectivity index (χ0) is 10.3. The van der Waals surface area contributed by atoms with E-state index in [1.807, 2.05) is 6.07 Å². The summed E-state index contributed by atoms with van der Waals surface area (Å²) in [6.45, 7) is 6.98. The monoisotopic (exact) mass is 193 g/mol. The largest absolute Gasteiger partial charge is 0.382 e. The Bertz CT molecular complexity index is 373. The third kappa shape index (κ3) is 1.13. The van der Waals surface area contributed by atoms with Crippen LogP contribution in [0.3, 0.4) is 0 Å². The Kier molecular flexibility index (Phi) is 2.02. The highest BCUT2D eigenvalue weighted by Crippen LogP contribution is 2.40. The van der Waals surface area contributed by atoms with Crippen LogP contribution in [0.4, 0.5) is 10.1 Å². The summed E-state index contributed by atoms with van der Waals surface area (Å²) in [5.74, 6) is -0.0836. The van der Waals surface area contributed by atoms with Gasteiger partial charge in [-0.3, -0.25) is 0 Å². The van der Waals surface area contributed by atoms with Crippen LogP contribution in [-0.4, -0.2) is 6.54 Å². The highest BCUT2D eigenvalue weighted by atomic mass is 19.1. The number of nitrogens with one attached hydrogen (secondary N) is 1. The molecule has 0 saturated carbocycles. The first-order valence-electron chi connectivity index (χ1n) is 5.12. The standard InChI is InChI=1S/C12H16FN/c1-4-12(3)7-14-11-9(12)6-5-8(2)10(11)13/h5-6,14H,4,7H2,1-3H3. The average molecular weight is 193 g/mol. The summed E-state index contributed by atoms with van der Waals surface area (Å²) in [5.41, 5.74) is 2.67. The van der Waals surface area contributed by atoms with Gasteiger partial charge in [-0.05, 0) is 24.5 Å². The maximum atomic E-state index is 13.7. The first-order valence-corrected chi connectivity index (χ1v) is 5.12. The lowest BCUT2D eigenvalue weighted by Crippen LogP contribution is -2.22. The summed E-state index contributed by atoms with van der Waals surface area (Å²) in [4.78, 5) is 0. The molecule has 76 valence electrons. The first-order chi connectivity index (χ1) is 6.58. The van der Waals surface area contributed by atoms with E-state index < -0.39 is 0 Å². The number of hydrogen-bond donors (Lipinski definition) is 1. The molecule has 1 aliphatic heterocycles. The van der Waals surface area contributed by atoms with Crippen LogP contribution in [0.2, 0.25) is 0 Å². The van der Waals surface area contributed by atoms with Crippen molar-refractivity contribution >= 4 is 5.69 Å². The van der Waals surface area contributed by atoms with E-state index in [1.165, 1.54) is 0 Å². The van der Waals surface area contributed by atoms with E-state index in [1.54, 1.807) is 6.92 Å². The van der Waals surface area contributed by atoms with Crippen molar-refractivity contribution in [2.24, 2.45) is 0 Å². The van der Waals surface area contributed by atoms with E-state index in [2.05, 4.69) is 25.2 Å². The van der Waals surface area contributed by atoms with Crippen molar-refractivity contribution in [3.63, 3.8) is 0 Å². The Morgan fingerprint density at radius 3 is 2.86 bits per heavy atom. The molecule has 0 radical (unpaired) electrons. The fourth-order valence-corrected chi connectivity index (χ4v) is 2.05. The minimum Gasteiger partial charge on any atom is -0.382 e. The lowest BCUT2D eigenvalue weighted by molar-refractivity contribution is 0.503. The molecule has 1 unspecified atom stereocenters. The van der Waals surface area contributed by atoms with Crippen molar-refractivity contribution in [1.29, 1.82) is 0 Å². The summed E-state index contributed by atoms with van der Waals surface area (Å²) >= 11 is 0. The second-order valence-corrected chi connectivity index (χ2v) is 4.39. The maximum absolute atomic E-state index is 13.7. The van der Waals surface area contributed by atoms with Gasteiger partial charge in [0, 0.05) is 12.0 Å². The fourth-order valence-electron chi connectivity index (χ4n) is 2.05. The molecule has 1 aromatic carbocycles. The summed E-state index contributed by atoms with van der Waals surface area (Å²) in [7, 11) is 0. The molecular weight excluding hydrogens is 177 g/mol. The molecule has 0 amide bonds. The molecule has 1 aliphatic rings. The summed E-state index contributed by atoms with van der Waals surface area (Å²) < 4.78 is 13.7. The predicted molar refractivity (Wildman–Crippen MR) is 57.3 cm³/mol. The van der Waals surface area contributed by atoms with Crippen LogP contribution in [0.5, 0.6) is 0 Å². The van der Waals surface area contributed by atoms with Crippen molar-refractivity contribution in [3.05, 3.63) is 29.1 Å². The van der Waals surface area contributed by atoms with Crippen molar-refractivity contribution in [2.75, 3.05) is 11.9 Å². The van der Waals surface area contributed by atoms with Crippen molar-refractivity contribution in [1.82, 2.24) is 0 Å². The second kappa shape index (κ2) is 2.97. The van der Waals surface area contributed by atoms with Crippen molar-refractivity contribution in [3.8, 4) is 0 Å². The molecule has 1 atom stereocenters. The van der Waals surface area contributed by atoms with E-state index >= 15 is 0 Å². The quantitative estimate of drug-likeness (QED) is 0.722. The van der Waals surface area contributed by atoms with Gasteiger partial charge in [0.2, 0.25) is 0 Å².